The summed E-state index contributed by atoms with van der Waals surface area (Å²) in [4.78, 5) is 9.20. The zero-order valence-electron chi connectivity index (χ0n) is 10.1. The Kier molecular flexibility index (Phi) is 6.93. The van der Waals surface area contributed by atoms with Gasteiger partial charge >= 0.3 is 100 Å². The van der Waals surface area contributed by atoms with Gasteiger partial charge in [-0.1, -0.05) is 0 Å². The minimum atomic E-state index is 0.153. The van der Waals surface area contributed by atoms with Gasteiger partial charge in [0.15, 0.2) is 0 Å². The van der Waals surface area contributed by atoms with E-state index in [4.69, 9.17) is 4.74 Å². The third kappa shape index (κ3) is 6.29. The Morgan fingerprint density at radius 3 is 2.50 bits per heavy atom. The quantitative estimate of drug-likeness (QED) is 0.290. The average molecular weight is 349 g/mol. The number of hydrogen-bond donors (Lipinski definition) is 1. The molecule has 0 aliphatic heterocycles. The first-order chi connectivity index (χ1) is 8.72. The van der Waals surface area contributed by atoms with E-state index in [9.17, 15) is 0 Å². The molecule has 0 aliphatic rings. The number of ether oxygens (including phenoxy) is 1. The van der Waals surface area contributed by atoms with Crippen LogP contribution >= 0.6 is 0 Å². The van der Waals surface area contributed by atoms with Crippen LogP contribution in [0, 0.1) is 21.9 Å². The van der Waals surface area contributed by atoms with Gasteiger partial charge in [-0.2, -0.15) is 0 Å². The molecule has 0 bridgehead atoms. The van der Waals surface area contributed by atoms with Gasteiger partial charge in [0.2, 0.25) is 0 Å². The van der Waals surface area contributed by atoms with Crippen molar-refractivity contribution in [3.05, 3.63) is 24.3 Å². The molecule has 0 unspecified atom stereocenters. The van der Waals surface area contributed by atoms with Crippen LogP contribution in [0.25, 0.3) is 0 Å². The summed E-state index contributed by atoms with van der Waals surface area (Å²) in [5, 5.41) is 0. The van der Waals surface area contributed by atoms with E-state index in [1.54, 1.807) is 0 Å². The average Bonchev–Trinajstić information content (AvgIpc) is 2.35. The van der Waals surface area contributed by atoms with E-state index >= 15 is 0 Å². The molecule has 0 heterocycles. The Morgan fingerprint density at radius 1 is 1.17 bits per heavy atom. The van der Waals surface area contributed by atoms with Crippen molar-refractivity contribution < 1.29 is 14.6 Å². The second-order valence-corrected chi connectivity index (χ2v) is 4.15. The summed E-state index contributed by atoms with van der Waals surface area (Å²) < 4.78 is 8.20. The summed E-state index contributed by atoms with van der Waals surface area (Å²) in [6, 6.07) is 7.29. The molecule has 0 saturated carbocycles. The molecule has 91 valence electrons. The van der Waals surface area contributed by atoms with E-state index in [-0.39, 0.29) is 6.10 Å². The SMILES string of the molecule is CC(C)Oc1ccc(NOOC#CC#[C][Sn])cc1. The van der Waals surface area contributed by atoms with Gasteiger partial charge in [0, 0.05) is 0 Å². The number of hydrogen-bond acceptors (Lipinski definition) is 4. The number of rotatable bonds is 5. The molecule has 1 rings (SSSR count). The van der Waals surface area contributed by atoms with Crippen molar-refractivity contribution in [2.75, 3.05) is 5.48 Å². The molecule has 0 saturated heterocycles. The predicted octanol–water partition coefficient (Wildman–Crippen LogP) is 1.84. The monoisotopic (exact) mass is 350 g/mol. The van der Waals surface area contributed by atoms with E-state index in [1.165, 1.54) is 0 Å². The van der Waals surface area contributed by atoms with Crippen LogP contribution in [-0.2, 0) is 9.88 Å². The molecule has 1 aromatic rings. The van der Waals surface area contributed by atoms with Gasteiger partial charge in [-0.3, -0.25) is 0 Å². The van der Waals surface area contributed by atoms with E-state index in [2.05, 4.69) is 37.2 Å². The summed E-state index contributed by atoms with van der Waals surface area (Å²) in [6.07, 6.45) is 2.43. The van der Waals surface area contributed by atoms with E-state index in [0.29, 0.717) is 0 Å². The van der Waals surface area contributed by atoms with Crippen LogP contribution < -0.4 is 10.2 Å². The van der Waals surface area contributed by atoms with Crippen molar-refractivity contribution in [2.24, 2.45) is 0 Å². The van der Waals surface area contributed by atoms with Crippen molar-refractivity contribution in [3.63, 3.8) is 0 Å². The molecule has 0 atom stereocenters. The van der Waals surface area contributed by atoms with Gasteiger partial charge < -0.3 is 0 Å². The van der Waals surface area contributed by atoms with Crippen LogP contribution in [0.1, 0.15) is 13.8 Å². The Hall–Kier alpha value is -1.50. The van der Waals surface area contributed by atoms with Crippen LogP contribution in [0.5, 0.6) is 5.75 Å². The van der Waals surface area contributed by atoms with Crippen LogP contribution in [0.3, 0.4) is 0 Å². The zero-order chi connectivity index (χ0) is 13.2. The third-order valence-corrected chi connectivity index (χ3v) is 2.00. The van der Waals surface area contributed by atoms with Gasteiger partial charge in [0.05, 0.1) is 6.10 Å². The molecule has 0 amide bonds. The second kappa shape index (κ2) is 8.57. The molecule has 18 heavy (non-hydrogen) atoms. The number of anilines is 1. The first-order valence-electron chi connectivity index (χ1n) is 5.24. The van der Waals surface area contributed by atoms with E-state index in [1.807, 2.05) is 38.1 Å². The van der Waals surface area contributed by atoms with Crippen molar-refractivity contribution >= 4 is 28.2 Å². The van der Waals surface area contributed by atoms with Crippen molar-refractivity contribution in [1.29, 1.82) is 0 Å². The van der Waals surface area contributed by atoms with Gasteiger partial charge in [0.25, 0.3) is 0 Å². The summed E-state index contributed by atoms with van der Waals surface area (Å²) in [5.41, 5.74) is 3.31. The third-order valence-electron chi connectivity index (χ3n) is 1.64. The van der Waals surface area contributed by atoms with E-state index < -0.39 is 0 Å². The molecule has 5 heteroatoms. The predicted molar refractivity (Wildman–Crippen MR) is 69.3 cm³/mol. The second-order valence-electron chi connectivity index (χ2n) is 3.44. The van der Waals surface area contributed by atoms with Crippen molar-refractivity contribution in [1.82, 2.24) is 0 Å². The molecule has 0 aliphatic carbocycles. The van der Waals surface area contributed by atoms with Gasteiger partial charge in [-0.05, 0) is 13.8 Å². The summed E-state index contributed by atoms with van der Waals surface area (Å²) in [5.74, 6) is 5.81. The molecule has 1 aromatic carbocycles. The Bertz CT molecular complexity index is 477. The first kappa shape index (κ1) is 14.6. The molecule has 1 N–H and O–H groups in total. The molecule has 3 radical (unpaired) electrons. The topological polar surface area (TPSA) is 39.7 Å². The van der Waals surface area contributed by atoms with Gasteiger partial charge in [-0.25, -0.2) is 0 Å². The first-order valence-corrected chi connectivity index (χ1v) is 6.67. The summed E-state index contributed by atoms with van der Waals surface area (Å²) in [6.45, 7) is 3.95. The zero-order valence-corrected chi connectivity index (χ0v) is 13.0. The molecular weight excluding hydrogens is 337 g/mol. The fraction of sp³-hybridized carbons (Fsp3) is 0.231. The van der Waals surface area contributed by atoms with Crippen molar-refractivity contribution in [3.8, 4) is 27.6 Å². The minimum absolute atomic E-state index is 0.153. The number of nitrogens with one attached hydrogen (secondary N) is 1. The van der Waals surface area contributed by atoms with E-state index in [0.717, 1.165) is 34.0 Å². The molecule has 0 fully saturated rings. The fourth-order valence-corrected chi connectivity index (χ4v) is 1.22. The standard InChI is InChI=1S/C13H12NO3.Sn/c1-4-5-10-15-17-14-12-6-8-13(9-7-12)16-11(2)3;/h6-9,11,14H,2-3H3;. The fourth-order valence-electron chi connectivity index (χ4n) is 1.04. The van der Waals surface area contributed by atoms with Crippen LogP contribution in [0.15, 0.2) is 24.3 Å². The van der Waals surface area contributed by atoms with Crippen molar-refractivity contribution in [2.45, 2.75) is 20.0 Å². The molecular formula is C13H12NO3Sn. The molecule has 0 spiro atoms. The normalized spacial score (nSPS) is 8.67. The van der Waals surface area contributed by atoms with Gasteiger partial charge in [-0.15, -0.1) is 0 Å². The maximum atomic E-state index is 5.50. The Labute approximate surface area is 120 Å². The maximum absolute atomic E-state index is 5.50. The van der Waals surface area contributed by atoms with Crippen LogP contribution in [-0.4, -0.2) is 28.6 Å². The summed E-state index contributed by atoms with van der Waals surface area (Å²) in [7, 11) is 0. The van der Waals surface area contributed by atoms with Crippen LogP contribution in [0.4, 0.5) is 5.69 Å². The number of benzene rings is 1. The van der Waals surface area contributed by atoms with Gasteiger partial charge in [0.1, 0.15) is 0 Å². The molecule has 0 aromatic heterocycles. The Balaban J connectivity index is 2.35. The summed E-state index contributed by atoms with van der Waals surface area (Å²) >= 11 is 1.11. The van der Waals surface area contributed by atoms with Crippen LogP contribution in [0.2, 0.25) is 0 Å². The molecule has 4 nitrogen and oxygen atoms in total. The Morgan fingerprint density at radius 2 is 1.89 bits per heavy atom.